The first kappa shape index (κ1) is 35.7. The number of nitrogens with zero attached hydrogens (tertiary/aromatic N) is 1. The maximum Gasteiger partial charge on any atom is 0.340 e. The highest BCUT2D eigenvalue weighted by molar-refractivity contribution is 6.01. The van der Waals surface area contributed by atoms with E-state index in [2.05, 4.69) is 21.9 Å². The number of benzene rings is 1. The summed E-state index contributed by atoms with van der Waals surface area (Å²) < 4.78 is 35.9. The van der Waals surface area contributed by atoms with Crippen molar-refractivity contribution in [3.05, 3.63) is 29.8 Å². The fourth-order valence-electron chi connectivity index (χ4n) is 12.6. The fourth-order valence-corrected chi connectivity index (χ4v) is 12.6. The van der Waals surface area contributed by atoms with Crippen molar-refractivity contribution in [1.82, 2.24) is 4.90 Å². The third-order valence-corrected chi connectivity index (χ3v) is 14.0. The molecule has 13 heteroatoms. The molecule has 1 spiro atoms. The molecule has 1 aromatic carbocycles. The van der Waals surface area contributed by atoms with E-state index in [1.165, 1.54) is 7.11 Å². The number of hydrogen-bond acceptors (Lipinski definition) is 12. The summed E-state index contributed by atoms with van der Waals surface area (Å²) in [4.78, 5) is 40.5. The molecule has 13 atom stereocenters. The van der Waals surface area contributed by atoms with Gasteiger partial charge in [0.15, 0.2) is 0 Å². The van der Waals surface area contributed by atoms with Crippen molar-refractivity contribution in [3.8, 4) is 0 Å². The Balaban J connectivity index is 1.27. The first-order valence-corrected chi connectivity index (χ1v) is 17.9. The molecule has 0 radical (unpaired) electrons. The lowest BCUT2D eigenvalue weighted by Crippen LogP contribution is -2.82. The number of piperidine rings is 1. The average molecular weight is 701 g/mol. The first-order chi connectivity index (χ1) is 24.0. The molecule has 1 amide bonds. The highest BCUT2D eigenvalue weighted by Gasteiger charge is 2.91. The number of rotatable bonds is 12. The molecule has 5 aliphatic carbocycles. The predicted molar refractivity (Wildman–Crippen MR) is 178 cm³/mol. The summed E-state index contributed by atoms with van der Waals surface area (Å²) in [5.41, 5.74) is -4.06. The lowest BCUT2D eigenvalue weighted by Gasteiger charge is -2.70. The Labute approximate surface area is 293 Å². The van der Waals surface area contributed by atoms with Gasteiger partial charge in [0.25, 0.3) is 0 Å². The standard InChI is InChI=1S/C37H52N2O11/c1-7-39-18-34(19-50-32(42)20-10-8-9-11-23(20)38-26(40)12-13-27(41)47-4)15-14-25(46-3)36-22-16-21-24(45-2)17-35(43,28(22)29(21)48-5)37(44,33(36)39)31(49-6)30(34)36/h8-11,21-22,24-25,28-31,33,43-44H,7,12-19H2,1-6H3,(H,38,40)/t21-,22-,24+,25+,28-,29-,30-,31+,33+,34+,35-,36+,37-/m1/s1. The summed E-state index contributed by atoms with van der Waals surface area (Å²) >= 11 is 0. The molecule has 6 fully saturated rings. The van der Waals surface area contributed by atoms with E-state index < -0.39 is 52.0 Å². The van der Waals surface area contributed by atoms with Gasteiger partial charge >= 0.3 is 11.9 Å². The van der Waals surface area contributed by atoms with Gasteiger partial charge in [-0.2, -0.15) is 0 Å². The Hall–Kier alpha value is -2.65. The van der Waals surface area contributed by atoms with Crippen LogP contribution in [-0.4, -0.2) is 130 Å². The molecular formula is C37H52N2O11. The quantitative estimate of drug-likeness (QED) is 0.273. The van der Waals surface area contributed by atoms with Gasteiger partial charge in [-0.25, -0.2) is 4.79 Å². The Morgan fingerprint density at radius 3 is 2.42 bits per heavy atom. The number of fused-ring (bicyclic) bond motifs is 2. The van der Waals surface area contributed by atoms with Crippen LogP contribution in [-0.2, 0) is 38.0 Å². The molecule has 5 saturated carbocycles. The van der Waals surface area contributed by atoms with Crippen LogP contribution in [0.4, 0.5) is 5.69 Å². The maximum atomic E-state index is 13.9. The number of aliphatic hydroxyl groups is 2. The number of esters is 2. The number of para-hydroxylation sites is 1. The minimum Gasteiger partial charge on any atom is -0.469 e. The fraction of sp³-hybridized carbons (Fsp3) is 0.757. The lowest BCUT2D eigenvalue weighted by atomic mass is 9.42. The zero-order valence-electron chi connectivity index (χ0n) is 29.9. The Morgan fingerprint density at radius 1 is 1.00 bits per heavy atom. The second-order valence-corrected chi connectivity index (χ2v) is 15.4. The average Bonchev–Trinajstić information content (AvgIpc) is 3.54. The molecule has 6 aliphatic rings. The maximum absolute atomic E-state index is 13.9. The van der Waals surface area contributed by atoms with Gasteiger partial charge in [0.1, 0.15) is 11.2 Å². The molecule has 1 aromatic rings. The van der Waals surface area contributed by atoms with E-state index in [1.807, 2.05) is 0 Å². The number of amides is 1. The molecular weight excluding hydrogens is 648 g/mol. The monoisotopic (exact) mass is 700 g/mol. The molecule has 50 heavy (non-hydrogen) atoms. The van der Waals surface area contributed by atoms with E-state index in [-0.39, 0.29) is 79.1 Å². The highest BCUT2D eigenvalue weighted by atomic mass is 16.5. The molecule has 7 rings (SSSR count). The van der Waals surface area contributed by atoms with E-state index >= 15 is 0 Å². The summed E-state index contributed by atoms with van der Waals surface area (Å²) in [6.45, 7) is 3.25. The van der Waals surface area contributed by atoms with Crippen molar-refractivity contribution in [3.63, 3.8) is 0 Å². The smallest absolute Gasteiger partial charge is 0.340 e. The molecule has 1 saturated heterocycles. The number of nitrogens with one attached hydrogen (secondary N) is 1. The van der Waals surface area contributed by atoms with Gasteiger partial charge in [0, 0.05) is 76.4 Å². The van der Waals surface area contributed by atoms with Crippen LogP contribution >= 0.6 is 0 Å². The summed E-state index contributed by atoms with van der Waals surface area (Å²) in [6.07, 6.45) is 0.548. The summed E-state index contributed by atoms with van der Waals surface area (Å²) in [6, 6.07) is 6.17. The van der Waals surface area contributed by atoms with Crippen LogP contribution in [0.15, 0.2) is 24.3 Å². The third kappa shape index (κ3) is 4.53. The minimum atomic E-state index is -1.69. The number of likely N-dealkylation sites (tertiary alicyclic amines) is 1. The van der Waals surface area contributed by atoms with E-state index in [0.717, 1.165) is 6.42 Å². The van der Waals surface area contributed by atoms with Crippen LogP contribution in [0.1, 0.15) is 55.8 Å². The second kappa shape index (κ2) is 12.8. The third-order valence-electron chi connectivity index (χ3n) is 14.0. The summed E-state index contributed by atoms with van der Waals surface area (Å²) in [5, 5.41) is 29.3. The molecule has 1 heterocycles. The predicted octanol–water partition coefficient (Wildman–Crippen LogP) is 2.03. The van der Waals surface area contributed by atoms with Gasteiger partial charge in [-0.15, -0.1) is 0 Å². The van der Waals surface area contributed by atoms with Crippen molar-refractivity contribution in [2.75, 3.05) is 60.6 Å². The van der Waals surface area contributed by atoms with Gasteiger partial charge in [0.2, 0.25) is 5.91 Å². The highest BCUT2D eigenvalue weighted by Crippen LogP contribution is 2.80. The largest absolute Gasteiger partial charge is 0.469 e. The molecule has 1 aliphatic heterocycles. The number of carbonyl (C=O) groups excluding carboxylic acids is 3. The molecule has 0 unspecified atom stereocenters. The second-order valence-electron chi connectivity index (χ2n) is 15.4. The van der Waals surface area contributed by atoms with Crippen molar-refractivity contribution in [2.24, 2.45) is 34.5 Å². The Kier molecular flexibility index (Phi) is 9.14. The molecule has 3 N–H and O–H groups in total. The number of ether oxygens (including phenoxy) is 6. The van der Waals surface area contributed by atoms with E-state index in [1.54, 1.807) is 52.7 Å². The van der Waals surface area contributed by atoms with Crippen LogP contribution in [0.25, 0.3) is 0 Å². The van der Waals surface area contributed by atoms with Gasteiger partial charge in [0.05, 0.1) is 61.8 Å². The van der Waals surface area contributed by atoms with Crippen LogP contribution in [0.3, 0.4) is 0 Å². The number of methoxy groups -OCH3 is 5. The van der Waals surface area contributed by atoms with Crippen LogP contribution < -0.4 is 5.32 Å². The van der Waals surface area contributed by atoms with Gasteiger partial charge in [-0.1, -0.05) is 19.1 Å². The SMILES string of the molecule is CCN1C[C@]2(COC(=O)c3ccccc3NC(=O)CCC(=O)OC)CC[C@H](OC)[C@@]34[C@@H]5C[C@H]6[C@@H](OC)[C@@H]5[C@](O)(C[C@@H]6OC)[C@@](O)([C@@H](OC)[C@H]23)[C@@H]14. The summed E-state index contributed by atoms with van der Waals surface area (Å²) in [7, 11) is 7.95. The van der Waals surface area contributed by atoms with Crippen LogP contribution in [0, 0.1) is 34.5 Å². The lowest BCUT2D eigenvalue weighted by molar-refractivity contribution is -0.320. The van der Waals surface area contributed by atoms with Gasteiger partial charge < -0.3 is 44.0 Å². The van der Waals surface area contributed by atoms with Crippen LogP contribution in [0.2, 0.25) is 0 Å². The molecule has 7 bridgehead atoms. The van der Waals surface area contributed by atoms with Crippen LogP contribution in [0.5, 0.6) is 0 Å². The summed E-state index contributed by atoms with van der Waals surface area (Å²) in [5.74, 6) is -2.23. The zero-order chi connectivity index (χ0) is 35.8. The number of anilines is 1. The normalized spacial score (nSPS) is 43.7. The number of carbonyl (C=O) groups is 3. The van der Waals surface area contributed by atoms with Crippen molar-refractivity contribution in [1.29, 1.82) is 0 Å². The van der Waals surface area contributed by atoms with Gasteiger partial charge in [-0.05, 0) is 43.9 Å². The van der Waals surface area contributed by atoms with Gasteiger partial charge in [-0.3, -0.25) is 14.5 Å². The first-order valence-electron chi connectivity index (χ1n) is 17.9. The minimum absolute atomic E-state index is 0.0420. The van der Waals surface area contributed by atoms with E-state index in [4.69, 9.17) is 23.7 Å². The number of hydrogen-bond donors (Lipinski definition) is 3. The Morgan fingerprint density at radius 2 is 1.76 bits per heavy atom. The number of likely N-dealkylation sites (N-methyl/N-ethyl adjacent to an activating group) is 1. The van der Waals surface area contributed by atoms with E-state index in [0.29, 0.717) is 25.9 Å². The molecule has 0 aromatic heterocycles. The van der Waals surface area contributed by atoms with Crippen molar-refractivity contribution < 1.29 is 53.0 Å². The molecule has 13 nitrogen and oxygen atoms in total. The van der Waals surface area contributed by atoms with E-state index in [9.17, 15) is 24.6 Å². The zero-order valence-corrected chi connectivity index (χ0v) is 29.9. The van der Waals surface area contributed by atoms with Crippen molar-refractivity contribution in [2.45, 2.75) is 87.1 Å². The van der Waals surface area contributed by atoms with Crippen molar-refractivity contribution >= 4 is 23.5 Å². The molecule has 276 valence electrons. The Bertz CT molecular complexity index is 1510. The topological polar surface area (TPSA) is 162 Å².